The highest BCUT2D eigenvalue weighted by molar-refractivity contribution is 7.93. The van der Waals surface area contributed by atoms with Gasteiger partial charge >= 0.3 is 6.30 Å². The first-order chi connectivity index (χ1) is 3.71. The molecular weight excluding hydrogens is 159 g/mol. The van der Waals surface area contributed by atoms with Crippen molar-refractivity contribution in [3.8, 4) is 0 Å². The number of rotatable bonds is 1. The number of alkyl halides is 3. The normalized spacial score (nSPS) is 19.1. The van der Waals surface area contributed by atoms with Crippen molar-refractivity contribution in [1.82, 2.24) is 4.72 Å². The zero-order chi connectivity index (χ0) is 7.71. The summed E-state index contributed by atoms with van der Waals surface area (Å²) in [5.74, 6) is 2.31. The molecule has 0 aliphatic heterocycles. The smallest absolute Gasteiger partial charge is 0.302 e. The predicted molar refractivity (Wildman–Crippen MR) is 27.1 cm³/mol. The van der Waals surface area contributed by atoms with Gasteiger partial charge in [0.2, 0.25) is 0 Å². The molecule has 0 aliphatic rings. The Morgan fingerprint density at radius 3 is 1.89 bits per heavy atom. The average molecular weight is 163 g/mol. The highest BCUT2D eigenvalue weighted by atomic mass is 32.2. The van der Waals surface area contributed by atoms with Crippen molar-refractivity contribution in [1.29, 1.82) is 0 Å². The summed E-state index contributed by atoms with van der Waals surface area (Å²) in [7, 11) is -4.16. The molecule has 0 heterocycles. The van der Waals surface area contributed by atoms with E-state index in [1.165, 1.54) is 0 Å². The van der Waals surface area contributed by atoms with Crippen LogP contribution in [0, 0.1) is 0 Å². The standard InChI is InChI=1S/C2H4F3NO2S/c1-9(7,8)6-2(3,4)5/h1H2,(H2,6,7,8). The van der Waals surface area contributed by atoms with Gasteiger partial charge in [0.15, 0.2) is 0 Å². The van der Waals surface area contributed by atoms with Gasteiger partial charge in [0.05, 0.1) is 0 Å². The molecule has 0 saturated heterocycles. The molecule has 0 aliphatic carbocycles. The van der Waals surface area contributed by atoms with Crippen LogP contribution >= 0.6 is 0 Å². The van der Waals surface area contributed by atoms with Crippen LogP contribution in [0.15, 0.2) is 0 Å². The van der Waals surface area contributed by atoms with Gasteiger partial charge < -0.3 is 4.55 Å². The third kappa shape index (κ3) is 7.73. The van der Waals surface area contributed by atoms with Crippen LogP contribution in [0.2, 0.25) is 0 Å². The van der Waals surface area contributed by atoms with Crippen LogP contribution in [0.5, 0.6) is 0 Å². The maximum Gasteiger partial charge on any atom is 0.469 e. The first-order valence-electron chi connectivity index (χ1n) is 1.66. The third-order valence-electron chi connectivity index (χ3n) is 0.275. The molecule has 56 valence electrons. The average Bonchev–Trinajstić information content (AvgIpc) is 1.14. The topological polar surface area (TPSA) is 49.3 Å². The second kappa shape index (κ2) is 2.16. The Kier molecular flexibility index (Phi) is 2.10. The van der Waals surface area contributed by atoms with Crippen molar-refractivity contribution in [3.63, 3.8) is 0 Å². The Hall–Kier alpha value is -0.270. The Labute approximate surface area is 49.8 Å². The number of nitrogens with one attached hydrogen (secondary N) is 1. The van der Waals surface area contributed by atoms with Gasteiger partial charge in [-0.25, -0.2) is 4.21 Å². The molecule has 0 fully saturated rings. The maximum atomic E-state index is 11.1. The van der Waals surface area contributed by atoms with E-state index in [0.29, 0.717) is 4.72 Å². The Balaban J connectivity index is 4.07. The second-order valence-corrected chi connectivity index (χ2v) is 2.73. The van der Waals surface area contributed by atoms with Gasteiger partial charge in [0, 0.05) is 0 Å². The molecule has 0 bridgehead atoms. The van der Waals surface area contributed by atoms with E-state index in [-0.39, 0.29) is 0 Å². The van der Waals surface area contributed by atoms with Gasteiger partial charge in [-0.3, -0.25) is 0 Å². The lowest BCUT2D eigenvalue weighted by Gasteiger charge is -2.06. The number of halogens is 3. The van der Waals surface area contributed by atoms with Gasteiger partial charge in [-0.15, -0.1) is 4.72 Å². The Morgan fingerprint density at radius 1 is 1.56 bits per heavy atom. The minimum Gasteiger partial charge on any atom is -0.302 e. The molecule has 1 unspecified atom stereocenters. The van der Waals surface area contributed by atoms with Gasteiger partial charge in [0.25, 0.3) is 0 Å². The molecule has 9 heavy (non-hydrogen) atoms. The van der Waals surface area contributed by atoms with Crippen LogP contribution in [0.1, 0.15) is 0 Å². The van der Waals surface area contributed by atoms with Crippen molar-refractivity contribution in [2.45, 2.75) is 6.30 Å². The van der Waals surface area contributed by atoms with Crippen LogP contribution < -0.4 is 4.72 Å². The highest BCUT2D eigenvalue weighted by Gasteiger charge is 2.29. The summed E-state index contributed by atoms with van der Waals surface area (Å²) < 4.78 is 51.4. The summed E-state index contributed by atoms with van der Waals surface area (Å²) in [5.41, 5.74) is 0. The van der Waals surface area contributed by atoms with Crippen LogP contribution in [0.25, 0.3) is 0 Å². The molecule has 7 heteroatoms. The van der Waals surface area contributed by atoms with Crippen LogP contribution in [-0.2, 0) is 9.99 Å². The third-order valence-corrected chi connectivity index (χ3v) is 0.826. The molecule has 0 aromatic carbocycles. The molecule has 0 saturated carbocycles. The Bertz CT molecular complexity index is 180. The summed E-state index contributed by atoms with van der Waals surface area (Å²) >= 11 is 0. The number of hydrogen-bond acceptors (Lipinski definition) is 1. The second-order valence-electron chi connectivity index (χ2n) is 1.24. The van der Waals surface area contributed by atoms with Crippen molar-refractivity contribution in [3.05, 3.63) is 0 Å². The van der Waals surface area contributed by atoms with E-state index in [2.05, 4.69) is 5.87 Å². The SMILES string of the molecule is C=S(=O)(O)NC(F)(F)F. The zero-order valence-electron chi connectivity index (χ0n) is 4.10. The molecule has 0 amide bonds. The predicted octanol–water partition coefficient (Wildman–Crippen LogP) is 0.200. The van der Waals surface area contributed by atoms with E-state index in [1.807, 2.05) is 0 Å². The quantitative estimate of drug-likeness (QED) is 0.428. The van der Waals surface area contributed by atoms with Crippen molar-refractivity contribution in [2.24, 2.45) is 0 Å². The van der Waals surface area contributed by atoms with E-state index in [0.717, 1.165) is 0 Å². The van der Waals surface area contributed by atoms with E-state index in [1.54, 1.807) is 0 Å². The summed E-state index contributed by atoms with van der Waals surface area (Å²) in [4.78, 5) is 0. The lowest BCUT2D eigenvalue weighted by molar-refractivity contribution is -0.138. The van der Waals surface area contributed by atoms with E-state index < -0.39 is 16.3 Å². The van der Waals surface area contributed by atoms with Crippen molar-refractivity contribution in [2.75, 3.05) is 0 Å². The molecule has 0 radical (unpaired) electrons. The molecule has 0 spiro atoms. The van der Waals surface area contributed by atoms with Crippen molar-refractivity contribution >= 4 is 15.9 Å². The van der Waals surface area contributed by atoms with Crippen molar-refractivity contribution < 1.29 is 21.9 Å². The molecule has 0 aromatic heterocycles. The van der Waals surface area contributed by atoms with Gasteiger partial charge in [0.1, 0.15) is 9.99 Å². The molecule has 2 N–H and O–H groups in total. The first kappa shape index (κ1) is 8.73. The highest BCUT2D eigenvalue weighted by Crippen LogP contribution is 2.09. The van der Waals surface area contributed by atoms with Crippen LogP contribution in [-0.4, -0.2) is 20.9 Å². The van der Waals surface area contributed by atoms with E-state index in [4.69, 9.17) is 4.55 Å². The minimum atomic E-state index is -4.85. The Morgan fingerprint density at radius 2 is 1.89 bits per heavy atom. The maximum absolute atomic E-state index is 11.1. The molecule has 0 aromatic rings. The van der Waals surface area contributed by atoms with Gasteiger partial charge in [-0.1, -0.05) is 0 Å². The fraction of sp³-hybridized carbons (Fsp3) is 0.500. The molecular formula is C2H4F3NO2S. The zero-order valence-corrected chi connectivity index (χ0v) is 4.92. The largest absolute Gasteiger partial charge is 0.469 e. The monoisotopic (exact) mass is 163 g/mol. The van der Waals surface area contributed by atoms with Gasteiger partial charge in [-0.05, 0) is 5.87 Å². The summed E-state index contributed by atoms with van der Waals surface area (Å²) in [5, 5.41) is 0. The van der Waals surface area contributed by atoms with Crippen LogP contribution in [0.4, 0.5) is 13.2 Å². The first-order valence-corrected chi connectivity index (χ1v) is 3.34. The van der Waals surface area contributed by atoms with E-state index >= 15 is 0 Å². The lowest BCUT2D eigenvalue weighted by atomic mass is 11.3. The molecule has 1 atom stereocenters. The minimum absolute atomic E-state index is 0.431. The van der Waals surface area contributed by atoms with Crippen LogP contribution in [0.3, 0.4) is 0 Å². The van der Waals surface area contributed by atoms with Gasteiger partial charge in [-0.2, -0.15) is 13.2 Å². The molecule has 3 nitrogen and oxygen atoms in total. The fourth-order valence-corrected chi connectivity index (χ4v) is 0.542. The van der Waals surface area contributed by atoms with E-state index in [9.17, 15) is 17.4 Å². The summed E-state index contributed by atoms with van der Waals surface area (Å²) in [6.45, 7) is 0. The summed E-state index contributed by atoms with van der Waals surface area (Å²) in [6.07, 6.45) is -4.85. The summed E-state index contributed by atoms with van der Waals surface area (Å²) in [6, 6.07) is 0. The molecule has 0 rings (SSSR count). The lowest BCUT2D eigenvalue weighted by Crippen LogP contribution is -2.36. The fourth-order valence-electron chi connectivity index (χ4n) is 0.181. The number of hydrogen-bond donors (Lipinski definition) is 2.